The lowest BCUT2D eigenvalue weighted by Crippen LogP contribution is -2.44. The van der Waals surface area contributed by atoms with Crippen molar-refractivity contribution < 1.29 is 14.3 Å². The fraction of sp³-hybridized carbons (Fsp3) is 0.278. The zero-order valence-electron chi connectivity index (χ0n) is 13.5. The summed E-state index contributed by atoms with van der Waals surface area (Å²) >= 11 is 17.7. The van der Waals surface area contributed by atoms with Crippen molar-refractivity contribution >= 4 is 46.4 Å². The van der Waals surface area contributed by atoms with Crippen LogP contribution in [0, 0.1) is 5.82 Å². The van der Waals surface area contributed by atoms with Gasteiger partial charge in [-0.3, -0.25) is 4.79 Å². The lowest BCUT2D eigenvalue weighted by molar-refractivity contribution is -0.117. The van der Waals surface area contributed by atoms with E-state index in [9.17, 15) is 14.3 Å². The number of nitrogens with zero attached hydrogens (tertiary/aromatic N) is 1. The summed E-state index contributed by atoms with van der Waals surface area (Å²) in [5, 5.41) is 11.8. The van der Waals surface area contributed by atoms with Gasteiger partial charge in [0.1, 0.15) is 17.3 Å². The number of halogens is 4. The molecule has 0 fully saturated rings. The van der Waals surface area contributed by atoms with E-state index in [2.05, 4.69) is 0 Å². The fourth-order valence-electron chi connectivity index (χ4n) is 2.47. The van der Waals surface area contributed by atoms with E-state index < -0.39 is 17.3 Å². The maximum atomic E-state index is 13.2. The van der Waals surface area contributed by atoms with Crippen molar-refractivity contribution in [3.8, 4) is 0 Å². The largest absolute Gasteiger partial charge is 0.383 e. The maximum Gasteiger partial charge on any atom is 0.242 e. The number of hydrogen-bond acceptors (Lipinski definition) is 2. The minimum absolute atomic E-state index is 0.0569. The van der Waals surface area contributed by atoms with Crippen LogP contribution in [0.2, 0.25) is 10.0 Å². The van der Waals surface area contributed by atoms with Gasteiger partial charge in [-0.25, -0.2) is 4.39 Å². The zero-order chi connectivity index (χ0) is 18.6. The van der Waals surface area contributed by atoms with Gasteiger partial charge < -0.3 is 10.0 Å². The SMILES string of the molecule is CCC(O)(CN(C(=O)CCl)c1ccc(F)cc1)c1ccc(Cl)c(Cl)c1. The molecule has 0 spiro atoms. The number of carbonyl (C=O) groups is 1. The smallest absolute Gasteiger partial charge is 0.242 e. The van der Waals surface area contributed by atoms with E-state index in [0.29, 0.717) is 27.7 Å². The Morgan fingerprint density at radius 2 is 1.80 bits per heavy atom. The molecule has 0 saturated carbocycles. The number of amides is 1. The molecule has 134 valence electrons. The second-order valence-corrected chi connectivity index (χ2v) is 6.69. The van der Waals surface area contributed by atoms with Gasteiger partial charge in [0.25, 0.3) is 0 Å². The molecule has 0 bridgehead atoms. The summed E-state index contributed by atoms with van der Waals surface area (Å²) in [4.78, 5) is 13.6. The first-order valence-corrected chi connectivity index (χ1v) is 8.89. The molecule has 0 radical (unpaired) electrons. The van der Waals surface area contributed by atoms with Crippen molar-refractivity contribution in [1.82, 2.24) is 0 Å². The third-order valence-corrected chi connectivity index (χ3v) is 4.98. The molecule has 2 rings (SSSR count). The van der Waals surface area contributed by atoms with Gasteiger partial charge in [-0.05, 0) is 48.4 Å². The van der Waals surface area contributed by atoms with Crippen molar-refractivity contribution in [3.63, 3.8) is 0 Å². The molecule has 7 heteroatoms. The van der Waals surface area contributed by atoms with Crippen LogP contribution in [0.25, 0.3) is 0 Å². The Morgan fingerprint density at radius 3 is 2.32 bits per heavy atom. The molecular formula is C18H17Cl3FNO2. The molecule has 0 aliphatic heterocycles. The number of carbonyl (C=O) groups excluding carboxylic acids is 1. The second kappa shape index (κ2) is 8.37. The molecular weight excluding hydrogens is 388 g/mol. The molecule has 0 aliphatic carbocycles. The Balaban J connectivity index is 2.41. The summed E-state index contributed by atoms with van der Waals surface area (Å²) in [6, 6.07) is 10.2. The highest BCUT2D eigenvalue weighted by atomic mass is 35.5. The molecule has 0 aliphatic rings. The lowest BCUT2D eigenvalue weighted by atomic mass is 9.90. The van der Waals surface area contributed by atoms with Crippen LogP contribution >= 0.6 is 34.8 Å². The van der Waals surface area contributed by atoms with Crippen molar-refractivity contribution in [2.75, 3.05) is 17.3 Å². The molecule has 3 nitrogen and oxygen atoms in total. The van der Waals surface area contributed by atoms with Gasteiger partial charge >= 0.3 is 0 Å². The van der Waals surface area contributed by atoms with E-state index in [1.807, 2.05) is 0 Å². The van der Waals surface area contributed by atoms with Gasteiger partial charge in [-0.2, -0.15) is 0 Å². The molecule has 0 heterocycles. The predicted molar refractivity (Wildman–Crippen MR) is 100 cm³/mol. The Bertz CT molecular complexity index is 754. The van der Waals surface area contributed by atoms with Crippen LogP contribution in [-0.2, 0) is 10.4 Å². The average Bonchev–Trinajstić information content (AvgIpc) is 2.62. The molecule has 1 atom stereocenters. The van der Waals surface area contributed by atoms with Crippen molar-refractivity contribution in [3.05, 3.63) is 63.9 Å². The van der Waals surface area contributed by atoms with Crippen molar-refractivity contribution in [1.29, 1.82) is 0 Å². The molecule has 2 aromatic carbocycles. The van der Waals surface area contributed by atoms with Crippen LogP contribution in [0.3, 0.4) is 0 Å². The molecule has 2 aromatic rings. The van der Waals surface area contributed by atoms with E-state index in [0.717, 1.165) is 0 Å². The highest BCUT2D eigenvalue weighted by Gasteiger charge is 2.33. The molecule has 0 saturated heterocycles. The van der Waals surface area contributed by atoms with Crippen LogP contribution < -0.4 is 4.90 Å². The zero-order valence-corrected chi connectivity index (χ0v) is 15.7. The summed E-state index contributed by atoms with van der Waals surface area (Å²) in [5.74, 6) is -1.09. The van der Waals surface area contributed by atoms with Crippen LogP contribution in [0.15, 0.2) is 42.5 Å². The van der Waals surface area contributed by atoms with E-state index in [1.165, 1.54) is 29.2 Å². The number of hydrogen-bond donors (Lipinski definition) is 1. The van der Waals surface area contributed by atoms with Crippen LogP contribution in [0.5, 0.6) is 0 Å². The van der Waals surface area contributed by atoms with Gasteiger partial charge in [0.15, 0.2) is 0 Å². The Morgan fingerprint density at radius 1 is 1.16 bits per heavy atom. The van der Waals surface area contributed by atoms with E-state index >= 15 is 0 Å². The lowest BCUT2D eigenvalue weighted by Gasteiger charge is -2.34. The summed E-state index contributed by atoms with van der Waals surface area (Å²) in [6.07, 6.45) is 0.318. The van der Waals surface area contributed by atoms with Gasteiger partial charge in [0.2, 0.25) is 5.91 Å². The van der Waals surface area contributed by atoms with Crippen molar-refractivity contribution in [2.45, 2.75) is 18.9 Å². The third-order valence-electron chi connectivity index (χ3n) is 4.02. The minimum Gasteiger partial charge on any atom is -0.383 e. The van der Waals surface area contributed by atoms with Gasteiger partial charge in [0, 0.05) is 5.69 Å². The Kier molecular flexibility index (Phi) is 6.69. The van der Waals surface area contributed by atoms with Gasteiger partial charge in [-0.1, -0.05) is 36.2 Å². The number of anilines is 1. The van der Waals surface area contributed by atoms with Crippen LogP contribution in [-0.4, -0.2) is 23.4 Å². The van der Waals surface area contributed by atoms with E-state index in [4.69, 9.17) is 34.8 Å². The van der Waals surface area contributed by atoms with Crippen molar-refractivity contribution in [2.24, 2.45) is 0 Å². The quantitative estimate of drug-likeness (QED) is 0.688. The predicted octanol–water partition coefficient (Wildman–Crippen LogP) is 5.00. The van der Waals surface area contributed by atoms with Crippen LogP contribution in [0.1, 0.15) is 18.9 Å². The molecule has 0 aromatic heterocycles. The average molecular weight is 405 g/mol. The number of benzene rings is 2. The summed E-state index contributed by atoms with van der Waals surface area (Å²) in [6.45, 7) is 1.73. The number of aliphatic hydroxyl groups is 1. The second-order valence-electron chi connectivity index (χ2n) is 5.60. The highest BCUT2D eigenvalue weighted by molar-refractivity contribution is 6.42. The van der Waals surface area contributed by atoms with Crippen LogP contribution in [0.4, 0.5) is 10.1 Å². The van der Waals surface area contributed by atoms with E-state index in [-0.39, 0.29) is 12.4 Å². The summed E-state index contributed by atoms with van der Waals surface area (Å²) < 4.78 is 13.2. The fourth-order valence-corrected chi connectivity index (χ4v) is 2.91. The third kappa shape index (κ3) is 4.64. The maximum absolute atomic E-state index is 13.2. The molecule has 25 heavy (non-hydrogen) atoms. The standard InChI is InChI=1S/C18H17Cl3FNO2/c1-2-18(25,12-3-8-15(20)16(21)9-12)11-23(17(24)10-19)14-6-4-13(22)5-7-14/h3-9,25H,2,10-11H2,1H3. The van der Waals surface area contributed by atoms with Gasteiger partial charge in [-0.15, -0.1) is 11.6 Å². The monoisotopic (exact) mass is 403 g/mol. The number of rotatable bonds is 6. The Hall–Kier alpha value is -1.33. The first-order valence-electron chi connectivity index (χ1n) is 7.60. The Labute approximate surface area is 160 Å². The molecule has 1 amide bonds. The topological polar surface area (TPSA) is 40.5 Å². The first-order chi connectivity index (χ1) is 11.8. The highest BCUT2D eigenvalue weighted by Crippen LogP contribution is 2.33. The first kappa shape index (κ1) is 20.0. The normalized spacial score (nSPS) is 13.4. The molecule has 1 N–H and O–H groups in total. The minimum atomic E-state index is -1.37. The summed E-state index contributed by atoms with van der Waals surface area (Å²) in [5.41, 5.74) is -0.400. The summed E-state index contributed by atoms with van der Waals surface area (Å²) in [7, 11) is 0. The van der Waals surface area contributed by atoms with Gasteiger partial charge in [0.05, 0.1) is 16.6 Å². The van der Waals surface area contributed by atoms with E-state index in [1.54, 1.807) is 25.1 Å². The molecule has 1 unspecified atom stereocenters. The number of alkyl halides is 1.